The Kier molecular flexibility index (Phi) is 4.31. The van der Waals surface area contributed by atoms with Gasteiger partial charge < -0.3 is 15.5 Å². The maximum Gasteiger partial charge on any atom is 0.241 e. The number of piperazine rings is 1. The second kappa shape index (κ2) is 6.16. The molecule has 19 heavy (non-hydrogen) atoms. The fourth-order valence-electron chi connectivity index (χ4n) is 1.96. The number of hydrogen-bond donors (Lipinski definition) is 2. The van der Waals surface area contributed by atoms with E-state index in [1.807, 2.05) is 6.07 Å². The molecule has 1 aromatic carbocycles. The van der Waals surface area contributed by atoms with Crippen molar-refractivity contribution in [3.8, 4) is 6.07 Å². The maximum atomic E-state index is 13.0. The molecule has 1 aliphatic rings. The standard InChI is InChI=1S/C13H15FN4O/c14-11-1-2-12(10(7-11)8-15)17-9-13(19)18-5-3-16-4-6-18/h1-2,7,16-17H,3-6,9H2. The molecule has 0 aliphatic carbocycles. The first-order chi connectivity index (χ1) is 9.20. The minimum Gasteiger partial charge on any atom is -0.375 e. The van der Waals surface area contributed by atoms with Gasteiger partial charge in [-0.2, -0.15) is 5.26 Å². The quantitative estimate of drug-likeness (QED) is 0.834. The molecule has 0 radical (unpaired) electrons. The van der Waals surface area contributed by atoms with Gasteiger partial charge in [0.25, 0.3) is 0 Å². The Balaban J connectivity index is 1.95. The second-order valence-corrected chi connectivity index (χ2v) is 4.29. The largest absolute Gasteiger partial charge is 0.375 e. The van der Waals surface area contributed by atoms with E-state index in [2.05, 4.69) is 10.6 Å². The van der Waals surface area contributed by atoms with Gasteiger partial charge in [-0.05, 0) is 18.2 Å². The van der Waals surface area contributed by atoms with Crippen LogP contribution >= 0.6 is 0 Å². The van der Waals surface area contributed by atoms with Crippen LogP contribution in [0.2, 0.25) is 0 Å². The molecule has 0 aromatic heterocycles. The van der Waals surface area contributed by atoms with Gasteiger partial charge in [0.15, 0.2) is 0 Å². The highest BCUT2D eigenvalue weighted by atomic mass is 19.1. The van der Waals surface area contributed by atoms with Crippen molar-refractivity contribution in [3.05, 3.63) is 29.6 Å². The van der Waals surface area contributed by atoms with Gasteiger partial charge in [0.05, 0.1) is 17.8 Å². The lowest BCUT2D eigenvalue weighted by Crippen LogP contribution is -2.48. The molecule has 0 unspecified atom stereocenters. The van der Waals surface area contributed by atoms with E-state index in [1.165, 1.54) is 12.1 Å². The molecule has 0 spiro atoms. The molecular formula is C13H15FN4O. The molecule has 5 nitrogen and oxygen atoms in total. The van der Waals surface area contributed by atoms with E-state index in [1.54, 1.807) is 4.90 Å². The minimum atomic E-state index is -0.462. The number of nitriles is 1. The van der Waals surface area contributed by atoms with E-state index >= 15 is 0 Å². The van der Waals surface area contributed by atoms with E-state index in [-0.39, 0.29) is 18.0 Å². The molecular weight excluding hydrogens is 247 g/mol. The van der Waals surface area contributed by atoms with Crippen molar-refractivity contribution in [2.75, 3.05) is 38.0 Å². The molecule has 2 rings (SSSR count). The van der Waals surface area contributed by atoms with E-state index < -0.39 is 5.82 Å². The minimum absolute atomic E-state index is 0.0188. The first kappa shape index (κ1) is 13.3. The summed E-state index contributed by atoms with van der Waals surface area (Å²) in [5, 5.41) is 15.0. The van der Waals surface area contributed by atoms with Crippen LogP contribution in [0.15, 0.2) is 18.2 Å². The maximum absolute atomic E-state index is 13.0. The molecule has 2 N–H and O–H groups in total. The monoisotopic (exact) mass is 262 g/mol. The number of nitrogens with zero attached hydrogens (tertiary/aromatic N) is 2. The fraction of sp³-hybridized carbons (Fsp3) is 0.385. The highest BCUT2D eigenvalue weighted by molar-refractivity contribution is 5.81. The van der Waals surface area contributed by atoms with Gasteiger partial charge in [-0.3, -0.25) is 4.79 Å². The van der Waals surface area contributed by atoms with Crippen LogP contribution < -0.4 is 10.6 Å². The fourth-order valence-corrected chi connectivity index (χ4v) is 1.96. The summed E-state index contributed by atoms with van der Waals surface area (Å²) in [6.07, 6.45) is 0. The van der Waals surface area contributed by atoms with Gasteiger partial charge >= 0.3 is 0 Å². The van der Waals surface area contributed by atoms with E-state index in [0.29, 0.717) is 18.8 Å². The molecule has 1 fully saturated rings. The Morgan fingerprint density at radius 2 is 2.21 bits per heavy atom. The summed E-state index contributed by atoms with van der Waals surface area (Å²) in [4.78, 5) is 13.7. The van der Waals surface area contributed by atoms with Crippen LogP contribution in [-0.2, 0) is 4.79 Å². The van der Waals surface area contributed by atoms with Crippen LogP contribution in [0.3, 0.4) is 0 Å². The number of rotatable bonds is 3. The van der Waals surface area contributed by atoms with Crippen molar-refractivity contribution in [3.63, 3.8) is 0 Å². The summed E-state index contributed by atoms with van der Waals surface area (Å²) in [6.45, 7) is 3.09. The number of nitrogens with one attached hydrogen (secondary N) is 2. The van der Waals surface area contributed by atoms with Crippen LogP contribution in [-0.4, -0.2) is 43.5 Å². The Labute approximate surface area is 111 Å². The third-order valence-electron chi connectivity index (χ3n) is 3.00. The average molecular weight is 262 g/mol. The topological polar surface area (TPSA) is 68.2 Å². The van der Waals surface area contributed by atoms with Gasteiger partial charge in [-0.1, -0.05) is 0 Å². The lowest BCUT2D eigenvalue weighted by atomic mass is 10.2. The zero-order valence-corrected chi connectivity index (χ0v) is 10.4. The number of halogens is 1. The zero-order chi connectivity index (χ0) is 13.7. The van der Waals surface area contributed by atoms with Gasteiger partial charge in [0.2, 0.25) is 5.91 Å². The normalized spacial score (nSPS) is 14.8. The zero-order valence-electron chi connectivity index (χ0n) is 10.4. The van der Waals surface area contributed by atoms with Gasteiger partial charge in [0, 0.05) is 26.2 Å². The molecule has 100 valence electrons. The Bertz CT molecular complexity index is 506. The van der Waals surface area contributed by atoms with E-state index in [0.717, 1.165) is 19.2 Å². The smallest absolute Gasteiger partial charge is 0.241 e. The number of carbonyl (C=O) groups is 1. The lowest BCUT2D eigenvalue weighted by molar-refractivity contribution is -0.129. The van der Waals surface area contributed by atoms with Crippen LogP contribution in [0.25, 0.3) is 0 Å². The first-order valence-electron chi connectivity index (χ1n) is 6.13. The summed E-state index contributed by atoms with van der Waals surface area (Å²) >= 11 is 0. The summed E-state index contributed by atoms with van der Waals surface area (Å²) in [5.41, 5.74) is 0.681. The van der Waals surface area contributed by atoms with Crippen molar-refractivity contribution in [1.29, 1.82) is 5.26 Å². The van der Waals surface area contributed by atoms with Crippen molar-refractivity contribution >= 4 is 11.6 Å². The molecule has 0 bridgehead atoms. The van der Waals surface area contributed by atoms with Crippen molar-refractivity contribution in [2.45, 2.75) is 0 Å². The Morgan fingerprint density at radius 3 is 2.89 bits per heavy atom. The van der Waals surface area contributed by atoms with Gasteiger partial charge in [-0.25, -0.2) is 4.39 Å². The van der Waals surface area contributed by atoms with Crippen LogP contribution in [0.5, 0.6) is 0 Å². The first-order valence-corrected chi connectivity index (χ1v) is 6.13. The van der Waals surface area contributed by atoms with Crippen molar-refractivity contribution in [1.82, 2.24) is 10.2 Å². The van der Waals surface area contributed by atoms with Crippen molar-refractivity contribution in [2.24, 2.45) is 0 Å². The average Bonchev–Trinajstić information content (AvgIpc) is 2.46. The van der Waals surface area contributed by atoms with Crippen LogP contribution in [0.1, 0.15) is 5.56 Å². The molecule has 0 atom stereocenters. The molecule has 1 heterocycles. The summed E-state index contributed by atoms with van der Waals surface area (Å²) in [5.74, 6) is -0.481. The van der Waals surface area contributed by atoms with Crippen LogP contribution in [0, 0.1) is 17.1 Å². The van der Waals surface area contributed by atoms with Gasteiger partial charge in [0.1, 0.15) is 11.9 Å². The number of benzene rings is 1. The Morgan fingerprint density at radius 1 is 1.47 bits per heavy atom. The molecule has 1 amide bonds. The van der Waals surface area contributed by atoms with Crippen LogP contribution in [0.4, 0.5) is 10.1 Å². The lowest BCUT2D eigenvalue weighted by Gasteiger charge is -2.27. The molecule has 0 saturated carbocycles. The molecule has 1 aromatic rings. The molecule has 1 saturated heterocycles. The number of amides is 1. The molecule has 6 heteroatoms. The summed E-state index contributed by atoms with van der Waals surface area (Å²) < 4.78 is 13.0. The SMILES string of the molecule is N#Cc1cc(F)ccc1NCC(=O)N1CCNCC1. The second-order valence-electron chi connectivity index (χ2n) is 4.29. The number of carbonyl (C=O) groups excluding carboxylic acids is 1. The predicted octanol–water partition coefficient (Wildman–Crippen LogP) is 0.541. The van der Waals surface area contributed by atoms with E-state index in [4.69, 9.17) is 5.26 Å². The summed E-state index contributed by atoms with van der Waals surface area (Å²) in [7, 11) is 0. The highest BCUT2D eigenvalue weighted by Crippen LogP contribution is 2.15. The Hall–Kier alpha value is -2.13. The van der Waals surface area contributed by atoms with Gasteiger partial charge in [-0.15, -0.1) is 0 Å². The number of hydrogen-bond acceptors (Lipinski definition) is 4. The summed E-state index contributed by atoms with van der Waals surface area (Å²) in [6, 6.07) is 5.79. The third kappa shape index (κ3) is 3.42. The van der Waals surface area contributed by atoms with Crippen molar-refractivity contribution < 1.29 is 9.18 Å². The predicted molar refractivity (Wildman–Crippen MR) is 69.1 cm³/mol. The third-order valence-corrected chi connectivity index (χ3v) is 3.00. The molecule has 1 aliphatic heterocycles. The van der Waals surface area contributed by atoms with E-state index in [9.17, 15) is 9.18 Å². The highest BCUT2D eigenvalue weighted by Gasteiger charge is 2.16. The number of anilines is 1.